The summed E-state index contributed by atoms with van der Waals surface area (Å²) in [6.07, 6.45) is 3.01. The summed E-state index contributed by atoms with van der Waals surface area (Å²) in [6, 6.07) is 8.69. The minimum Gasteiger partial charge on any atom is -0.465 e. The lowest BCUT2D eigenvalue weighted by Crippen LogP contribution is -2.31. The Kier molecular flexibility index (Phi) is 6.88. The van der Waals surface area contributed by atoms with Crippen LogP contribution >= 0.6 is 23.6 Å². The van der Waals surface area contributed by atoms with Gasteiger partial charge in [0.15, 0.2) is 5.11 Å². The van der Waals surface area contributed by atoms with E-state index in [4.69, 9.17) is 17.0 Å². The molecule has 0 spiro atoms. The van der Waals surface area contributed by atoms with Crippen molar-refractivity contribution < 1.29 is 9.53 Å². The first kappa shape index (κ1) is 22.8. The third-order valence-corrected chi connectivity index (χ3v) is 7.14. The number of methoxy groups -OCH3 is 1. The summed E-state index contributed by atoms with van der Waals surface area (Å²) in [6.45, 7) is 11.0. The van der Waals surface area contributed by atoms with Gasteiger partial charge in [0.2, 0.25) is 0 Å². The lowest BCUT2D eigenvalue weighted by molar-refractivity contribution is 0.0601. The summed E-state index contributed by atoms with van der Waals surface area (Å²) >= 11 is 7.20. The van der Waals surface area contributed by atoms with Gasteiger partial charge in [-0.2, -0.15) is 0 Å². The molecule has 1 aliphatic rings. The van der Waals surface area contributed by atoms with Crippen LogP contribution in [0.2, 0.25) is 0 Å². The molecule has 6 heteroatoms. The normalized spacial score (nSPS) is 17.1. The van der Waals surface area contributed by atoms with E-state index in [0.29, 0.717) is 16.6 Å². The molecule has 2 unspecified atom stereocenters. The lowest BCUT2D eigenvalue weighted by atomic mass is 9.86. The number of hydrogen-bond acceptors (Lipinski definition) is 4. The van der Waals surface area contributed by atoms with Crippen molar-refractivity contribution in [3.63, 3.8) is 0 Å². The lowest BCUT2D eigenvalue weighted by Gasteiger charge is -2.21. The molecule has 2 atom stereocenters. The Balaban J connectivity index is 1.74. The number of rotatable bonds is 4. The second kappa shape index (κ2) is 9.06. The number of fused-ring (bicyclic) bond motifs is 1. The molecule has 3 rings (SSSR count). The summed E-state index contributed by atoms with van der Waals surface area (Å²) < 4.78 is 5.06. The van der Waals surface area contributed by atoms with E-state index >= 15 is 0 Å². The van der Waals surface area contributed by atoms with E-state index in [1.54, 1.807) is 11.3 Å². The maximum Gasteiger partial charge on any atom is 0.341 e. The highest BCUT2D eigenvalue weighted by molar-refractivity contribution is 7.80. The van der Waals surface area contributed by atoms with Crippen LogP contribution in [0, 0.1) is 5.92 Å². The maximum absolute atomic E-state index is 12.5. The average Bonchev–Trinajstić information content (AvgIpc) is 3.03. The van der Waals surface area contributed by atoms with Gasteiger partial charge >= 0.3 is 5.97 Å². The van der Waals surface area contributed by atoms with E-state index in [-0.39, 0.29) is 17.4 Å². The molecular weight excluding hydrogens is 412 g/mol. The number of esters is 1. The zero-order chi connectivity index (χ0) is 22.1. The Morgan fingerprint density at radius 2 is 1.93 bits per heavy atom. The highest BCUT2D eigenvalue weighted by Gasteiger charge is 2.28. The fourth-order valence-corrected chi connectivity index (χ4v) is 5.59. The molecule has 0 fully saturated rings. The zero-order valence-corrected chi connectivity index (χ0v) is 20.4. The Hall–Kier alpha value is -1.92. The van der Waals surface area contributed by atoms with E-state index in [1.807, 2.05) is 0 Å². The second-order valence-corrected chi connectivity index (χ2v) is 10.8. The third kappa shape index (κ3) is 5.03. The molecule has 0 amide bonds. The molecule has 30 heavy (non-hydrogen) atoms. The van der Waals surface area contributed by atoms with Crippen molar-refractivity contribution in [2.75, 3.05) is 12.4 Å². The molecule has 2 aromatic rings. The minimum atomic E-state index is -0.293. The molecule has 2 N–H and O–H groups in total. The molecule has 1 aromatic carbocycles. The third-order valence-electron chi connectivity index (χ3n) is 5.75. The fraction of sp³-hybridized carbons (Fsp3) is 0.500. The average molecular weight is 445 g/mol. The number of nitrogens with one attached hydrogen (secondary N) is 2. The minimum absolute atomic E-state index is 0.0511. The van der Waals surface area contributed by atoms with Gasteiger partial charge in [-0.25, -0.2) is 4.79 Å². The molecule has 1 aromatic heterocycles. The molecule has 0 saturated heterocycles. The number of ether oxygens (including phenoxy) is 1. The van der Waals surface area contributed by atoms with E-state index < -0.39 is 0 Å². The Labute approximate surface area is 189 Å². The van der Waals surface area contributed by atoms with Crippen LogP contribution in [0.1, 0.15) is 79.0 Å². The van der Waals surface area contributed by atoms with Gasteiger partial charge in [0.1, 0.15) is 5.00 Å². The molecule has 1 heterocycles. The van der Waals surface area contributed by atoms with E-state index in [0.717, 1.165) is 29.8 Å². The Bertz CT molecular complexity index is 926. The van der Waals surface area contributed by atoms with Gasteiger partial charge in [-0.1, -0.05) is 52.0 Å². The van der Waals surface area contributed by atoms with Gasteiger partial charge in [0.25, 0.3) is 0 Å². The molecule has 0 aliphatic heterocycles. The summed E-state index contributed by atoms with van der Waals surface area (Å²) in [7, 11) is 1.43. The van der Waals surface area contributed by atoms with Gasteiger partial charge in [0, 0.05) is 4.88 Å². The van der Waals surface area contributed by atoms with Crippen molar-refractivity contribution in [1.82, 2.24) is 5.32 Å². The molecule has 0 bridgehead atoms. The van der Waals surface area contributed by atoms with Crippen LogP contribution in [-0.4, -0.2) is 18.2 Å². The van der Waals surface area contributed by atoms with Gasteiger partial charge in [-0.05, 0) is 66.4 Å². The van der Waals surface area contributed by atoms with E-state index in [1.165, 1.54) is 23.1 Å². The van der Waals surface area contributed by atoms with Crippen LogP contribution in [-0.2, 0) is 23.0 Å². The van der Waals surface area contributed by atoms with E-state index in [9.17, 15) is 4.79 Å². The van der Waals surface area contributed by atoms with Gasteiger partial charge in [0.05, 0.1) is 18.7 Å². The molecule has 0 radical (unpaired) electrons. The van der Waals surface area contributed by atoms with Crippen LogP contribution in [0.15, 0.2) is 24.3 Å². The van der Waals surface area contributed by atoms with Crippen LogP contribution in [0.5, 0.6) is 0 Å². The monoisotopic (exact) mass is 444 g/mol. The molecule has 1 aliphatic carbocycles. The van der Waals surface area contributed by atoms with Crippen molar-refractivity contribution in [2.24, 2.45) is 5.92 Å². The predicted octanol–water partition coefficient (Wildman–Crippen LogP) is 6.00. The van der Waals surface area contributed by atoms with Crippen molar-refractivity contribution in [2.45, 2.75) is 65.3 Å². The van der Waals surface area contributed by atoms with Crippen LogP contribution in [0.4, 0.5) is 5.00 Å². The van der Waals surface area contributed by atoms with Gasteiger partial charge < -0.3 is 15.4 Å². The smallest absolute Gasteiger partial charge is 0.341 e. The highest BCUT2D eigenvalue weighted by Crippen LogP contribution is 2.40. The van der Waals surface area contributed by atoms with Gasteiger partial charge in [-0.15, -0.1) is 11.3 Å². The zero-order valence-electron chi connectivity index (χ0n) is 18.7. The molecule has 0 saturated carbocycles. The maximum atomic E-state index is 12.5. The first-order valence-electron chi connectivity index (χ1n) is 10.5. The standard InChI is InChI=1S/C24H32N2O2S2/c1-14-7-12-18-19(13-14)30-21(20(18)22(27)28-6)26-23(29)25-15(2)16-8-10-17(11-9-16)24(3,4)5/h8-11,14-15H,7,12-13H2,1-6H3,(H2,25,26,29). The first-order chi connectivity index (χ1) is 14.1. The van der Waals surface area contributed by atoms with Crippen molar-refractivity contribution in [3.8, 4) is 0 Å². The summed E-state index contributed by atoms with van der Waals surface area (Å²) in [5.41, 5.74) is 4.38. The number of carbonyl (C=O) groups is 1. The van der Waals surface area contributed by atoms with Crippen molar-refractivity contribution in [1.29, 1.82) is 0 Å². The van der Waals surface area contributed by atoms with Crippen LogP contribution in [0.25, 0.3) is 0 Å². The van der Waals surface area contributed by atoms with Crippen LogP contribution < -0.4 is 10.6 Å². The largest absolute Gasteiger partial charge is 0.465 e. The number of carbonyl (C=O) groups excluding carboxylic acids is 1. The number of thiocarbonyl (C=S) groups is 1. The molecule has 4 nitrogen and oxygen atoms in total. The number of benzene rings is 1. The number of anilines is 1. The van der Waals surface area contributed by atoms with Crippen molar-refractivity contribution in [3.05, 3.63) is 51.4 Å². The highest BCUT2D eigenvalue weighted by atomic mass is 32.1. The van der Waals surface area contributed by atoms with E-state index in [2.05, 4.69) is 69.5 Å². The summed E-state index contributed by atoms with van der Waals surface area (Å²) in [4.78, 5) is 13.7. The molecule has 162 valence electrons. The second-order valence-electron chi connectivity index (χ2n) is 9.24. The summed E-state index contributed by atoms with van der Waals surface area (Å²) in [5, 5.41) is 7.92. The SMILES string of the molecule is COC(=O)c1c(NC(=S)NC(C)c2ccc(C(C)(C)C)cc2)sc2c1CCC(C)C2. The fourth-order valence-electron chi connectivity index (χ4n) is 3.85. The number of hydrogen-bond donors (Lipinski definition) is 2. The van der Waals surface area contributed by atoms with Crippen LogP contribution in [0.3, 0.4) is 0 Å². The first-order valence-corrected chi connectivity index (χ1v) is 11.7. The summed E-state index contributed by atoms with van der Waals surface area (Å²) in [5.74, 6) is 0.342. The molecular formula is C24H32N2O2S2. The quantitative estimate of drug-likeness (QED) is 0.447. The topological polar surface area (TPSA) is 50.4 Å². The number of thiophene rings is 1. The Morgan fingerprint density at radius 1 is 1.27 bits per heavy atom. The van der Waals surface area contributed by atoms with Gasteiger partial charge in [-0.3, -0.25) is 0 Å². The predicted molar refractivity (Wildman–Crippen MR) is 130 cm³/mol. The Morgan fingerprint density at radius 3 is 2.53 bits per heavy atom. The van der Waals surface area contributed by atoms with Crippen molar-refractivity contribution >= 4 is 39.6 Å².